The topological polar surface area (TPSA) is 46.5 Å². The van der Waals surface area contributed by atoms with E-state index in [0.717, 1.165) is 31.2 Å². The van der Waals surface area contributed by atoms with E-state index in [9.17, 15) is 9.90 Å². The van der Waals surface area contributed by atoms with Crippen LogP contribution in [0.1, 0.15) is 50.7 Å². The van der Waals surface area contributed by atoms with Crippen LogP contribution in [0.25, 0.3) is 0 Å². The first-order chi connectivity index (χ1) is 8.74. The SMILES string of the molecule is CCOC(=O)CCCCC[C@@H](O)c1ccccc1. The maximum absolute atomic E-state index is 11.1. The molecule has 1 N–H and O–H groups in total. The minimum absolute atomic E-state index is 0.124. The zero-order valence-electron chi connectivity index (χ0n) is 11.0. The molecule has 0 radical (unpaired) electrons. The zero-order valence-corrected chi connectivity index (χ0v) is 11.0. The molecule has 3 heteroatoms. The number of aliphatic hydroxyl groups is 1. The molecule has 0 saturated heterocycles. The first kappa shape index (κ1) is 14.7. The van der Waals surface area contributed by atoms with E-state index in [4.69, 9.17) is 4.74 Å². The number of rotatable bonds is 8. The van der Waals surface area contributed by atoms with Crippen LogP contribution in [0.2, 0.25) is 0 Å². The van der Waals surface area contributed by atoms with Crippen LogP contribution in [0.3, 0.4) is 0 Å². The molecular formula is C15H22O3. The van der Waals surface area contributed by atoms with Crippen LogP contribution < -0.4 is 0 Å². The molecule has 1 rings (SSSR count). The number of carbonyl (C=O) groups is 1. The molecule has 0 aliphatic heterocycles. The van der Waals surface area contributed by atoms with Gasteiger partial charge < -0.3 is 9.84 Å². The van der Waals surface area contributed by atoms with Crippen LogP contribution in [-0.2, 0) is 9.53 Å². The van der Waals surface area contributed by atoms with Crippen molar-refractivity contribution in [3.05, 3.63) is 35.9 Å². The van der Waals surface area contributed by atoms with Crippen molar-refractivity contribution >= 4 is 5.97 Å². The van der Waals surface area contributed by atoms with Crippen molar-refractivity contribution in [2.24, 2.45) is 0 Å². The molecule has 0 spiro atoms. The maximum atomic E-state index is 11.1. The van der Waals surface area contributed by atoms with Crippen LogP contribution in [0.4, 0.5) is 0 Å². The van der Waals surface area contributed by atoms with Gasteiger partial charge in [0.1, 0.15) is 0 Å². The lowest BCUT2D eigenvalue weighted by Gasteiger charge is -2.10. The number of aliphatic hydroxyl groups excluding tert-OH is 1. The van der Waals surface area contributed by atoms with Gasteiger partial charge in [0.25, 0.3) is 0 Å². The summed E-state index contributed by atoms with van der Waals surface area (Å²) >= 11 is 0. The fourth-order valence-corrected chi connectivity index (χ4v) is 1.86. The van der Waals surface area contributed by atoms with Crippen molar-refractivity contribution < 1.29 is 14.6 Å². The molecule has 0 aromatic heterocycles. The van der Waals surface area contributed by atoms with Gasteiger partial charge in [0.05, 0.1) is 12.7 Å². The van der Waals surface area contributed by atoms with Crippen LogP contribution in [0.5, 0.6) is 0 Å². The molecule has 3 nitrogen and oxygen atoms in total. The van der Waals surface area contributed by atoms with Gasteiger partial charge in [-0.05, 0) is 25.3 Å². The second kappa shape index (κ2) is 8.70. The summed E-state index contributed by atoms with van der Waals surface area (Å²) in [5.74, 6) is -0.124. The van der Waals surface area contributed by atoms with Crippen molar-refractivity contribution in [2.45, 2.75) is 45.1 Å². The molecule has 18 heavy (non-hydrogen) atoms. The van der Waals surface area contributed by atoms with E-state index in [1.54, 1.807) is 0 Å². The highest BCUT2D eigenvalue weighted by atomic mass is 16.5. The van der Waals surface area contributed by atoms with Gasteiger partial charge in [-0.25, -0.2) is 0 Å². The van der Waals surface area contributed by atoms with Gasteiger partial charge in [-0.2, -0.15) is 0 Å². The Labute approximate surface area is 109 Å². The number of hydrogen-bond donors (Lipinski definition) is 1. The second-order valence-electron chi connectivity index (χ2n) is 4.33. The molecular weight excluding hydrogens is 228 g/mol. The highest BCUT2D eigenvalue weighted by Crippen LogP contribution is 2.19. The summed E-state index contributed by atoms with van der Waals surface area (Å²) in [7, 11) is 0. The molecule has 100 valence electrons. The number of benzene rings is 1. The Balaban J connectivity index is 2.09. The first-order valence-electron chi connectivity index (χ1n) is 6.62. The van der Waals surface area contributed by atoms with Crippen LogP contribution >= 0.6 is 0 Å². The lowest BCUT2D eigenvalue weighted by molar-refractivity contribution is -0.143. The van der Waals surface area contributed by atoms with Crippen molar-refractivity contribution in [1.29, 1.82) is 0 Å². The standard InChI is InChI=1S/C15H22O3/c1-2-18-15(17)12-8-4-7-11-14(16)13-9-5-3-6-10-13/h3,5-6,9-10,14,16H,2,4,7-8,11-12H2,1H3/t14-/m1/s1. The lowest BCUT2D eigenvalue weighted by Crippen LogP contribution is -2.03. The Bertz CT molecular complexity index is 335. The van der Waals surface area contributed by atoms with E-state index >= 15 is 0 Å². The average Bonchev–Trinajstić information content (AvgIpc) is 2.39. The van der Waals surface area contributed by atoms with Crippen molar-refractivity contribution in [3.63, 3.8) is 0 Å². The molecule has 0 bridgehead atoms. The average molecular weight is 250 g/mol. The number of carbonyl (C=O) groups excluding carboxylic acids is 1. The minimum Gasteiger partial charge on any atom is -0.466 e. The summed E-state index contributed by atoms with van der Waals surface area (Å²) in [5, 5.41) is 9.92. The smallest absolute Gasteiger partial charge is 0.305 e. The Morgan fingerprint density at radius 1 is 1.22 bits per heavy atom. The van der Waals surface area contributed by atoms with Crippen LogP contribution in [0.15, 0.2) is 30.3 Å². The third kappa shape index (κ3) is 5.82. The third-order valence-electron chi connectivity index (χ3n) is 2.85. The fourth-order valence-electron chi connectivity index (χ4n) is 1.86. The van der Waals surface area contributed by atoms with Gasteiger partial charge in [0.2, 0.25) is 0 Å². The summed E-state index contributed by atoms with van der Waals surface area (Å²) in [6.07, 6.45) is 3.54. The quantitative estimate of drug-likeness (QED) is 0.569. The molecule has 0 unspecified atom stereocenters. The summed E-state index contributed by atoms with van der Waals surface area (Å²) in [5.41, 5.74) is 0.961. The Kier molecular flexibility index (Phi) is 7.11. The van der Waals surface area contributed by atoms with E-state index in [0.29, 0.717) is 13.0 Å². The molecule has 0 aliphatic carbocycles. The third-order valence-corrected chi connectivity index (χ3v) is 2.85. The van der Waals surface area contributed by atoms with E-state index in [1.807, 2.05) is 37.3 Å². The minimum atomic E-state index is -0.395. The molecule has 0 aliphatic rings. The molecule has 0 amide bonds. The van der Waals surface area contributed by atoms with Gasteiger partial charge in [0, 0.05) is 6.42 Å². The zero-order chi connectivity index (χ0) is 13.2. The second-order valence-corrected chi connectivity index (χ2v) is 4.33. The molecule has 1 aromatic rings. The molecule has 0 heterocycles. The summed E-state index contributed by atoms with van der Waals surface area (Å²) in [4.78, 5) is 11.1. The van der Waals surface area contributed by atoms with Gasteiger partial charge in [0.15, 0.2) is 0 Å². The van der Waals surface area contributed by atoms with Gasteiger partial charge >= 0.3 is 5.97 Å². The molecule has 0 saturated carbocycles. The summed E-state index contributed by atoms with van der Waals surface area (Å²) in [6, 6.07) is 9.67. The largest absolute Gasteiger partial charge is 0.466 e. The predicted octanol–water partition coefficient (Wildman–Crippen LogP) is 3.23. The number of esters is 1. The van der Waals surface area contributed by atoms with Crippen LogP contribution in [0, 0.1) is 0 Å². The Morgan fingerprint density at radius 2 is 1.94 bits per heavy atom. The Morgan fingerprint density at radius 3 is 2.61 bits per heavy atom. The highest BCUT2D eigenvalue weighted by Gasteiger charge is 2.06. The first-order valence-corrected chi connectivity index (χ1v) is 6.62. The molecule has 1 atom stereocenters. The Hall–Kier alpha value is -1.35. The van der Waals surface area contributed by atoms with E-state index in [1.165, 1.54) is 0 Å². The van der Waals surface area contributed by atoms with Crippen molar-refractivity contribution in [2.75, 3.05) is 6.61 Å². The van der Waals surface area contributed by atoms with Gasteiger partial charge in [-0.1, -0.05) is 43.2 Å². The number of hydrogen-bond acceptors (Lipinski definition) is 3. The molecule has 0 fully saturated rings. The predicted molar refractivity (Wildman–Crippen MR) is 71.1 cm³/mol. The molecule has 1 aromatic carbocycles. The van der Waals surface area contributed by atoms with Gasteiger partial charge in [-0.3, -0.25) is 4.79 Å². The summed E-state index contributed by atoms with van der Waals surface area (Å²) < 4.78 is 4.85. The number of unbranched alkanes of at least 4 members (excludes halogenated alkanes) is 2. The van der Waals surface area contributed by atoms with E-state index < -0.39 is 6.10 Å². The normalized spacial score (nSPS) is 12.1. The number of ether oxygens (including phenoxy) is 1. The van der Waals surface area contributed by atoms with E-state index in [2.05, 4.69) is 0 Å². The maximum Gasteiger partial charge on any atom is 0.305 e. The van der Waals surface area contributed by atoms with Crippen molar-refractivity contribution in [1.82, 2.24) is 0 Å². The monoisotopic (exact) mass is 250 g/mol. The van der Waals surface area contributed by atoms with Crippen LogP contribution in [-0.4, -0.2) is 17.7 Å². The summed E-state index contributed by atoms with van der Waals surface area (Å²) in [6.45, 7) is 2.26. The van der Waals surface area contributed by atoms with Gasteiger partial charge in [-0.15, -0.1) is 0 Å². The van der Waals surface area contributed by atoms with Crippen molar-refractivity contribution in [3.8, 4) is 0 Å². The lowest BCUT2D eigenvalue weighted by atomic mass is 10.0. The van der Waals surface area contributed by atoms with E-state index in [-0.39, 0.29) is 5.97 Å². The highest BCUT2D eigenvalue weighted by molar-refractivity contribution is 5.69. The fraction of sp³-hybridized carbons (Fsp3) is 0.533.